The highest BCUT2D eigenvalue weighted by molar-refractivity contribution is 5.95. The molecule has 1 amide bonds. The minimum Gasteiger partial charge on any atom is -0.493 e. The number of ether oxygens (including phenoxy) is 3. The van der Waals surface area contributed by atoms with Crippen LogP contribution in [0.25, 0.3) is 0 Å². The molecule has 1 N–H and O–H groups in total. The van der Waals surface area contributed by atoms with Crippen molar-refractivity contribution in [3.63, 3.8) is 0 Å². The van der Waals surface area contributed by atoms with Gasteiger partial charge in [0.1, 0.15) is 11.5 Å². The Balaban J connectivity index is 1.61. The first-order valence-electron chi connectivity index (χ1n) is 9.45. The number of benzene rings is 3. The summed E-state index contributed by atoms with van der Waals surface area (Å²) < 4.78 is 16.8. The first-order chi connectivity index (χ1) is 14.5. The number of nitrogens with one attached hydrogen (secondary N) is 1. The van der Waals surface area contributed by atoms with Crippen LogP contribution >= 0.6 is 0 Å². The van der Waals surface area contributed by atoms with Crippen LogP contribution in [0.5, 0.6) is 23.0 Å². The Morgan fingerprint density at radius 1 is 0.867 bits per heavy atom. The topological polar surface area (TPSA) is 73.9 Å². The second kappa shape index (κ2) is 9.60. The fourth-order valence-corrected chi connectivity index (χ4v) is 2.70. The highest BCUT2D eigenvalue weighted by Crippen LogP contribution is 2.29. The third-order valence-electron chi connectivity index (χ3n) is 4.34. The Kier molecular flexibility index (Phi) is 6.70. The van der Waals surface area contributed by atoms with Crippen molar-refractivity contribution in [2.75, 3.05) is 12.4 Å². The summed E-state index contributed by atoms with van der Waals surface area (Å²) in [6.07, 6.45) is -0.776. The average Bonchev–Trinajstić information content (AvgIpc) is 2.76. The Bertz CT molecular complexity index is 1020. The average molecular weight is 405 g/mol. The van der Waals surface area contributed by atoms with Crippen molar-refractivity contribution in [2.45, 2.75) is 20.0 Å². The molecular weight excluding hydrogens is 382 g/mol. The molecule has 154 valence electrons. The molecule has 0 heterocycles. The van der Waals surface area contributed by atoms with Crippen LogP contribution in [0.1, 0.15) is 24.2 Å². The molecule has 0 aliphatic carbocycles. The van der Waals surface area contributed by atoms with Crippen molar-refractivity contribution in [1.82, 2.24) is 0 Å². The second-order valence-electron chi connectivity index (χ2n) is 6.61. The van der Waals surface area contributed by atoms with Gasteiger partial charge in [0.05, 0.1) is 7.11 Å². The van der Waals surface area contributed by atoms with Gasteiger partial charge in [0.2, 0.25) is 0 Å². The van der Waals surface area contributed by atoms with Gasteiger partial charge in [-0.3, -0.25) is 9.59 Å². The maximum atomic E-state index is 12.5. The maximum absolute atomic E-state index is 12.5. The van der Waals surface area contributed by atoms with Gasteiger partial charge in [0, 0.05) is 11.3 Å². The van der Waals surface area contributed by atoms with E-state index in [0.717, 1.165) is 5.75 Å². The van der Waals surface area contributed by atoms with Gasteiger partial charge in [0.15, 0.2) is 23.4 Å². The molecule has 3 rings (SSSR count). The van der Waals surface area contributed by atoms with Crippen molar-refractivity contribution >= 4 is 17.4 Å². The molecule has 6 heteroatoms. The van der Waals surface area contributed by atoms with Crippen molar-refractivity contribution < 1.29 is 23.8 Å². The van der Waals surface area contributed by atoms with E-state index in [0.29, 0.717) is 28.5 Å². The lowest BCUT2D eigenvalue weighted by Crippen LogP contribution is -2.30. The summed E-state index contributed by atoms with van der Waals surface area (Å²) in [7, 11) is 1.48. The van der Waals surface area contributed by atoms with Gasteiger partial charge in [-0.25, -0.2) is 0 Å². The summed E-state index contributed by atoms with van der Waals surface area (Å²) in [4.78, 5) is 24.0. The predicted molar refractivity (Wildman–Crippen MR) is 115 cm³/mol. The lowest BCUT2D eigenvalue weighted by Gasteiger charge is -2.17. The molecule has 0 radical (unpaired) electrons. The maximum Gasteiger partial charge on any atom is 0.265 e. The Labute approximate surface area is 175 Å². The molecule has 1 atom stereocenters. The third kappa shape index (κ3) is 5.38. The van der Waals surface area contributed by atoms with Crippen molar-refractivity contribution in [3.05, 3.63) is 78.4 Å². The molecule has 0 fully saturated rings. The van der Waals surface area contributed by atoms with Crippen LogP contribution in [0.3, 0.4) is 0 Å². The molecule has 0 aromatic heterocycles. The van der Waals surface area contributed by atoms with Gasteiger partial charge in [-0.05, 0) is 68.4 Å². The number of hydrogen-bond donors (Lipinski definition) is 1. The summed E-state index contributed by atoms with van der Waals surface area (Å²) >= 11 is 0. The van der Waals surface area contributed by atoms with Gasteiger partial charge < -0.3 is 19.5 Å². The number of Topliss-reactive ketones (excluding diaryl/α,β-unsaturated/α-hetero) is 1. The Hall–Kier alpha value is -3.80. The monoisotopic (exact) mass is 405 g/mol. The number of methoxy groups -OCH3 is 1. The third-order valence-corrected chi connectivity index (χ3v) is 4.34. The molecule has 3 aromatic carbocycles. The summed E-state index contributed by atoms with van der Waals surface area (Å²) in [6, 6.07) is 21.4. The van der Waals surface area contributed by atoms with Gasteiger partial charge in [-0.1, -0.05) is 18.2 Å². The van der Waals surface area contributed by atoms with E-state index in [9.17, 15) is 9.59 Å². The molecule has 30 heavy (non-hydrogen) atoms. The zero-order valence-electron chi connectivity index (χ0n) is 17.0. The standard InChI is InChI=1S/C24H23NO5/c1-16(26)18-9-14-22(23(15-18)28-3)29-17(2)24(27)25-19-10-12-21(13-11-19)30-20-7-5-4-6-8-20/h4-15,17H,1-3H3,(H,25,27). The Morgan fingerprint density at radius 3 is 2.17 bits per heavy atom. The summed E-state index contributed by atoms with van der Waals surface area (Å²) in [6.45, 7) is 3.11. The van der Waals surface area contributed by atoms with Crippen LogP contribution in [0.15, 0.2) is 72.8 Å². The van der Waals surface area contributed by atoms with E-state index in [1.807, 2.05) is 30.3 Å². The molecule has 1 unspecified atom stereocenters. The van der Waals surface area contributed by atoms with E-state index >= 15 is 0 Å². The molecule has 0 saturated heterocycles. The molecule has 6 nitrogen and oxygen atoms in total. The molecule has 0 spiro atoms. The molecule has 0 bridgehead atoms. The number of hydrogen-bond acceptors (Lipinski definition) is 5. The lowest BCUT2D eigenvalue weighted by atomic mass is 10.1. The number of rotatable bonds is 8. The van der Waals surface area contributed by atoms with Gasteiger partial charge in [0.25, 0.3) is 5.91 Å². The number of amides is 1. The minimum atomic E-state index is -0.776. The summed E-state index contributed by atoms with van der Waals surface area (Å²) in [5.74, 6) is 1.79. The summed E-state index contributed by atoms with van der Waals surface area (Å²) in [5.41, 5.74) is 1.13. The van der Waals surface area contributed by atoms with Gasteiger partial charge in [-0.15, -0.1) is 0 Å². The van der Waals surface area contributed by atoms with Crippen LogP contribution in [-0.2, 0) is 4.79 Å². The Morgan fingerprint density at radius 2 is 1.53 bits per heavy atom. The molecular formula is C24H23NO5. The van der Waals surface area contributed by atoms with Crippen LogP contribution < -0.4 is 19.5 Å². The minimum absolute atomic E-state index is 0.0784. The number of para-hydroxylation sites is 1. The zero-order chi connectivity index (χ0) is 21.5. The predicted octanol–water partition coefficient (Wildman–Crippen LogP) is 5.10. The van der Waals surface area contributed by atoms with Crippen LogP contribution in [0.4, 0.5) is 5.69 Å². The normalized spacial score (nSPS) is 11.3. The van der Waals surface area contributed by atoms with Gasteiger partial charge in [-0.2, -0.15) is 0 Å². The highest BCUT2D eigenvalue weighted by atomic mass is 16.5. The largest absolute Gasteiger partial charge is 0.493 e. The first kappa shape index (κ1) is 20.9. The molecule has 0 aliphatic heterocycles. The lowest BCUT2D eigenvalue weighted by molar-refractivity contribution is -0.122. The van der Waals surface area contributed by atoms with E-state index in [1.165, 1.54) is 14.0 Å². The van der Waals surface area contributed by atoms with Crippen molar-refractivity contribution in [3.8, 4) is 23.0 Å². The first-order valence-corrected chi connectivity index (χ1v) is 9.45. The fraction of sp³-hybridized carbons (Fsp3) is 0.167. The molecule has 0 aliphatic rings. The number of carbonyl (C=O) groups excluding carboxylic acids is 2. The fourth-order valence-electron chi connectivity index (χ4n) is 2.70. The van der Waals surface area contributed by atoms with Crippen LogP contribution in [0, 0.1) is 0 Å². The van der Waals surface area contributed by atoms with Crippen molar-refractivity contribution in [2.24, 2.45) is 0 Å². The second-order valence-corrected chi connectivity index (χ2v) is 6.61. The molecule has 0 saturated carbocycles. The number of ketones is 1. The van der Waals surface area contributed by atoms with E-state index in [-0.39, 0.29) is 11.7 Å². The smallest absolute Gasteiger partial charge is 0.265 e. The van der Waals surface area contributed by atoms with Crippen LogP contribution in [-0.4, -0.2) is 24.9 Å². The van der Waals surface area contributed by atoms with E-state index in [1.54, 1.807) is 49.4 Å². The highest BCUT2D eigenvalue weighted by Gasteiger charge is 2.18. The zero-order valence-corrected chi connectivity index (χ0v) is 17.0. The van der Waals surface area contributed by atoms with E-state index in [2.05, 4.69) is 5.32 Å². The van der Waals surface area contributed by atoms with Crippen LogP contribution in [0.2, 0.25) is 0 Å². The summed E-state index contributed by atoms with van der Waals surface area (Å²) in [5, 5.41) is 2.81. The number of anilines is 1. The van der Waals surface area contributed by atoms with E-state index in [4.69, 9.17) is 14.2 Å². The van der Waals surface area contributed by atoms with Crippen molar-refractivity contribution in [1.29, 1.82) is 0 Å². The number of carbonyl (C=O) groups is 2. The molecule has 3 aromatic rings. The van der Waals surface area contributed by atoms with Gasteiger partial charge >= 0.3 is 0 Å². The SMILES string of the molecule is COc1cc(C(C)=O)ccc1OC(C)C(=O)Nc1ccc(Oc2ccccc2)cc1. The van der Waals surface area contributed by atoms with E-state index < -0.39 is 6.10 Å². The quantitative estimate of drug-likeness (QED) is 0.528.